The van der Waals surface area contributed by atoms with E-state index >= 15 is 0 Å². The van der Waals surface area contributed by atoms with Crippen LogP contribution >= 0.6 is 0 Å². The molecule has 27 heavy (non-hydrogen) atoms. The Morgan fingerprint density at radius 2 is 1.89 bits per heavy atom. The number of rotatable bonds is 6. The fourth-order valence-corrected chi connectivity index (χ4v) is 3.15. The van der Waals surface area contributed by atoms with Gasteiger partial charge in [-0.3, -0.25) is 4.79 Å². The Labute approximate surface area is 154 Å². The zero-order valence-electron chi connectivity index (χ0n) is 14.7. The molecule has 8 N–H and O–H groups in total. The van der Waals surface area contributed by atoms with Crippen LogP contribution in [0.15, 0.2) is 0 Å². The molecule has 1 unspecified atom stereocenters. The predicted octanol–water partition coefficient (Wildman–Crippen LogP) is -4.86. The smallest absolute Gasteiger partial charge is 0.218 e. The van der Waals surface area contributed by atoms with E-state index in [-0.39, 0.29) is 13.0 Å². The Bertz CT molecular complexity index is 508. The highest BCUT2D eigenvalue weighted by Gasteiger charge is 2.49. The number of nitrogens with one attached hydrogen (secondary N) is 1. The molecule has 2 saturated heterocycles. The van der Waals surface area contributed by atoms with Crippen LogP contribution in [-0.4, -0.2) is 116 Å². The van der Waals surface area contributed by atoms with Crippen LogP contribution in [0.2, 0.25) is 0 Å². The third kappa shape index (κ3) is 4.92. The van der Waals surface area contributed by atoms with Crippen molar-refractivity contribution in [3.8, 4) is 0 Å². The van der Waals surface area contributed by atoms with Crippen molar-refractivity contribution < 1.29 is 54.8 Å². The van der Waals surface area contributed by atoms with E-state index in [1.807, 2.05) is 0 Å². The van der Waals surface area contributed by atoms with Crippen LogP contribution in [0.5, 0.6) is 0 Å². The zero-order chi connectivity index (χ0) is 20.4. The molecule has 9 atom stereocenters. The summed E-state index contributed by atoms with van der Waals surface area (Å²) in [6, 6.07) is -1.16. The number of amides is 1. The number of ether oxygens (including phenoxy) is 3. The summed E-state index contributed by atoms with van der Waals surface area (Å²) in [5, 5.41) is 70.5. The van der Waals surface area contributed by atoms with Gasteiger partial charge >= 0.3 is 0 Å². The van der Waals surface area contributed by atoms with Crippen molar-refractivity contribution >= 4 is 5.91 Å². The SMILES string of the molecule is CC(=O)N[C@H]1[C@H](OC[C@@H]2C[C@@H](O)[C@H](O)C(O)(CO)O2)O[C@H](CO)[C@@H](O)[C@@H]1O. The van der Waals surface area contributed by atoms with Gasteiger partial charge in [-0.1, -0.05) is 0 Å². The molecule has 0 aromatic heterocycles. The van der Waals surface area contributed by atoms with Crippen LogP contribution in [0.25, 0.3) is 0 Å². The maximum atomic E-state index is 11.4. The van der Waals surface area contributed by atoms with Crippen LogP contribution < -0.4 is 5.32 Å². The second kappa shape index (κ2) is 9.05. The molecule has 0 aliphatic carbocycles. The van der Waals surface area contributed by atoms with Gasteiger partial charge in [-0.25, -0.2) is 0 Å². The van der Waals surface area contributed by atoms with E-state index in [1.54, 1.807) is 0 Å². The quantitative estimate of drug-likeness (QED) is 0.214. The zero-order valence-corrected chi connectivity index (χ0v) is 14.7. The summed E-state index contributed by atoms with van der Waals surface area (Å²) in [5.41, 5.74) is 0. The van der Waals surface area contributed by atoms with Gasteiger partial charge in [0.1, 0.15) is 30.5 Å². The third-order valence-corrected chi connectivity index (χ3v) is 4.63. The molecule has 0 radical (unpaired) electrons. The van der Waals surface area contributed by atoms with Crippen LogP contribution in [-0.2, 0) is 19.0 Å². The third-order valence-electron chi connectivity index (χ3n) is 4.63. The number of hydrogen-bond donors (Lipinski definition) is 8. The van der Waals surface area contributed by atoms with E-state index < -0.39 is 73.9 Å². The highest BCUT2D eigenvalue weighted by atomic mass is 16.7. The first-order valence-corrected chi connectivity index (χ1v) is 8.51. The molecule has 158 valence electrons. The number of carbonyl (C=O) groups excluding carboxylic acids is 1. The highest BCUT2D eigenvalue weighted by molar-refractivity contribution is 5.73. The molecular weight excluding hydrogens is 370 g/mol. The Kier molecular flexibility index (Phi) is 7.49. The molecule has 0 bridgehead atoms. The van der Waals surface area contributed by atoms with E-state index in [0.717, 1.165) is 0 Å². The maximum Gasteiger partial charge on any atom is 0.218 e. The fraction of sp³-hybridized carbons (Fsp3) is 0.933. The van der Waals surface area contributed by atoms with Gasteiger partial charge in [0.2, 0.25) is 11.7 Å². The van der Waals surface area contributed by atoms with Gasteiger partial charge in [0.25, 0.3) is 0 Å². The number of hydrogen-bond acceptors (Lipinski definition) is 11. The van der Waals surface area contributed by atoms with Crippen LogP contribution in [0.4, 0.5) is 0 Å². The van der Waals surface area contributed by atoms with Crippen molar-refractivity contribution in [3.63, 3.8) is 0 Å². The van der Waals surface area contributed by atoms with Crippen LogP contribution in [0, 0.1) is 0 Å². The summed E-state index contributed by atoms with van der Waals surface area (Å²) in [6.45, 7) is -0.695. The number of carbonyl (C=O) groups is 1. The topological polar surface area (TPSA) is 198 Å². The summed E-state index contributed by atoms with van der Waals surface area (Å²) >= 11 is 0. The Morgan fingerprint density at radius 1 is 1.22 bits per heavy atom. The minimum absolute atomic E-state index is 0.129. The predicted molar refractivity (Wildman–Crippen MR) is 84.9 cm³/mol. The highest BCUT2D eigenvalue weighted by Crippen LogP contribution is 2.29. The molecule has 2 aliphatic heterocycles. The lowest BCUT2D eigenvalue weighted by Gasteiger charge is -2.44. The average Bonchev–Trinajstić information content (AvgIpc) is 2.62. The lowest BCUT2D eigenvalue weighted by atomic mass is 9.95. The Balaban J connectivity index is 2.05. The summed E-state index contributed by atoms with van der Waals surface area (Å²) < 4.78 is 16.0. The molecule has 2 heterocycles. The molecule has 2 fully saturated rings. The maximum absolute atomic E-state index is 11.4. The molecule has 12 nitrogen and oxygen atoms in total. The van der Waals surface area contributed by atoms with E-state index in [9.17, 15) is 40.5 Å². The van der Waals surface area contributed by atoms with Crippen molar-refractivity contribution in [3.05, 3.63) is 0 Å². The molecule has 1 amide bonds. The van der Waals surface area contributed by atoms with Crippen molar-refractivity contribution in [1.82, 2.24) is 5.32 Å². The summed E-state index contributed by atoms with van der Waals surface area (Å²) in [7, 11) is 0. The van der Waals surface area contributed by atoms with Gasteiger partial charge in [0.15, 0.2) is 6.29 Å². The lowest BCUT2D eigenvalue weighted by molar-refractivity contribution is -0.345. The van der Waals surface area contributed by atoms with Crippen molar-refractivity contribution in [1.29, 1.82) is 0 Å². The number of aliphatic hydroxyl groups excluding tert-OH is 6. The molecule has 2 rings (SSSR count). The van der Waals surface area contributed by atoms with Crippen LogP contribution in [0.3, 0.4) is 0 Å². The van der Waals surface area contributed by atoms with E-state index in [1.165, 1.54) is 6.92 Å². The van der Waals surface area contributed by atoms with Gasteiger partial charge < -0.3 is 55.3 Å². The first kappa shape index (κ1) is 22.4. The minimum Gasteiger partial charge on any atom is -0.394 e. The number of aliphatic hydroxyl groups is 7. The van der Waals surface area contributed by atoms with Gasteiger partial charge in [-0.15, -0.1) is 0 Å². The van der Waals surface area contributed by atoms with E-state index in [0.29, 0.717) is 0 Å². The molecule has 0 aromatic rings. The second-order valence-corrected chi connectivity index (χ2v) is 6.76. The van der Waals surface area contributed by atoms with Crippen LogP contribution in [0.1, 0.15) is 13.3 Å². The average molecular weight is 397 g/mol. The first-order chi connectivity index (χ1) is 12.6. The molecule has 12 heteroatoms. The normalized spacial score (nSPS) is 45.5. The molecule has 0 saturated carbocycles. The van der Waals surface area contributed by atoms with E-state index in [2.05, 4.69) is 5.32 Å². The minimum atomic E-state index is -2.38. The summed E-state index contributed by atoms with van der Waals surface area (Å²) in [6.07, 6.45) is -9.58. The summed E-state index contributed by atoms with van der Waals surface area (Å²) in [5.74, 6) is -2.90. The molecule has 2 aliphatic rings. The van der Waals surface area contributed by atoms with Gasteiger partial charge in [-0.2, -0.15) is 0 Å². The Morgan fingerprint density at radius 3 is 2.44 bits per heavy atom. The molecule has 0 aromatic carbocycles. The lowest BCUT2D eigenvalue weighted by Crippen LogP contribution is -2.65. The van der Waals surface area contributed by atoms with Gasteiger partial charge in [0, 0.05) is 13.3 Å². The Hall–Kier alpha value is -0.930. The van der Waals surface area contributed by atoms with Crippen molar-refractivity contribution in [2.45, 2.75) is 68.1 Å². The summed E-state index contributed by atoms with van der Waals surface area (Å²) in [4.78, 5) is 11.4. The van der Waals surface area contributed by atoms with Crippen molar-refractivity contribution in [2.24, 2.45) is 0 Å². The molecule has 0 spiro atoms. The van der Waals surface area contributed by atoms with Gasteiger partial charge in [0.05, 0.1) is 32.0 Å². The van der Waals surface area contributed by atoms with E-state index in [4.69, 9.17) is 14.2 Å². The first-order valence-electron chi connectivity index (χ1n) is 8.51. The second-order valence-electron chi connectivity index (χ2n) is 6.76. The monoisotopic (exact) mass is 397 g/mol. The molecular formula is C15H27NO11. The largest absolute Gasteiger partial charge is 0.394 e. The van der Waals surface area contributed by atoms with Crippen molar-refractivity contribution in [2.75, 3.05) is 19.8 Å². The standard InChI is InChI=1S/C15H27NO11/c1-6(19)16-10-12(22)11(21)9(3-17)26-14(10)25-4-7-2-8(20)13(23)15(24,5-18)27-7/h7-14,17-18,20-24H,2-5H2,1H3,(H,16,19)/t7-,8+,9+,10+,11+,12+,13-,14+,15?/m0/s1. The fourth-order valence-electron chi connectivity index (χ4n) is 3.15. The van der Waals surface area contributed by atoms with Gasteiger partial charge in [-0.05, 0) is 0 Å².